The Hall–Kier alpha value is -3.01. The van der Waals surface area contributed by atoms with Gasteiger partial charge in [0.15, 0.2) is 6.10 Å². The Balaban J connectivity index is 1.51. The number of aromatic nitrogens is 1. The topological polar surface area (TPSA) is 80.8 Å². The Labute approximate surface area is 193 Å². The van der Waals surface area contributed by atoms with Crippen molar-refractivity contribution in [3.05, 3.63) is 47.1 Å². The number of ether oxygens (including phenoxy) is 2. The highest BCUT2D eigenvalue weighted by Crippen LogP contribution is 2.31. The zero-order chi connectivity index (χ0) is 24.2. The molecule has 0 aliphatic carbocycles. The molecule has 1 aliphatic heterocycles. The minimum Gasteiger partial charge on any atom is -0.495 e. The van der Waals surface area contributed by atoms with Crippen LogP contribution in [0.1, 0.15) is 25.3 Å². The Morgan fingerprint density at radius 2 is 1.91 bits per heavy atom. The SMILES string of the molecule is COc1ccc(Cl)cc1NC(=O)[C@@H](C)OC(=O)C1CCN(c2ccc(C(F)(F)F)cn2)CC1. The summed E-state index contributed by atoms with van der Waals surface area (Å²) in [6, 6.07) is 7.05. The smallest absolute Gasteiger partial charge is 0.417 e. The van der Waals surface area contributed by atoms with Crippen LogP contribution in [0.25, 0.3) is 0 Å². The number of amides is 1. The number of pyridine rings is 1. The fraction of sp³-hybridized carbons (Fsp3) is 0.409. The highest BCUT2D eigenvalue weighted by atomic mass is 35.5. The van der Waals surface area contributed by atoms with Gasteiger partial charge in [0, 0.05) is 24.3 Å². The fourth-order valence-electron chi connectivity index (χ4n) is 3.42. The number of alkyl halides is 3. The molecule has 178 valence electrons. The van der Waals surface area contributed by atoms with Crippen LogP contribution in [0.3, 0.4) is 0 Å². The number of carbonyl (C=O) groups is 2. The molecule has 0 spiro atoms. The summed E-state index contributed by atoms with van der Waals surface area (Å²) in [5.74, 6) is -0.633. The molecular formula is C22H23ClF3N3O4. The zero-order valence-electron chi connectivity index (χ0n) is 18.0. The molecule has 2 heterocycles. The summed E-state index contributed by atoms with van der Waals surface area (Å²) >= 11 is 5.96. The highest BCUT2D eigenvalue weighted by molar-refractivity contribution is 6.31. The van der Waals surface area contributed by atoms with E-state index in [0.717, 1.165) is 12.3 Å². The van der Waals surface area contributed by atoms with Gasteiger partial charge in [0.1, 0.15) is 11.6 Å². The summed E-state index contributed by atoms with van der Waals surface area (Å²) in [7, 11) is 1.45. The number of piperidine rings is 1. The van der Waals surface area contributed by atoms with E-state index in [4.69, 9.17) is 21.1 Å². The second kappa shape index (κ2) is 10.3. The van der Waals surface area contributed by atoms with Gasteiger partial charge in [-0.15, -0.1) is 0 Å². The second-order valence-electron chi connectivity index (χ2n) is 7.58. The van der Waals surface area contributed by atoms with Crippen molar-refractivity contribution in [2.24, 2.45) is 5.92 Å². The third-order valence-electron chi connectivity index (χ3n) is 5.31. The lowest BCUT2D eigenvalue weighted by Gasteiger charge is -2.32. The summed E-state index contributed by atoms with van der Waals surface area (Å²) in [5.41, 5.74) is -0.456. The summed E-state index contributed by atoms with van der Waals surface area (Å²) in [4.78, 5) is 30.7. The van der Waals surface area contributed by atoms with Gasteiger partial charge in [-0.05, 0) is 50.1 Å². The first-order valence-corrected chi connectivity index (χ1v) is 10.6. The molecule has 1 aromatic heterocycles. The third kappa shape index (κ3) is 6.28. The van der Waals surface area contributed by atoms with Crippen molar-refractivity contribution in [3.8, 4) is 5.75 Å². The predicted molar refractivity (Wildman–Crippen MR) is 116 cm³/mol. The van der Waals surface area contributed by atoms with Gasteiger partial charge in [-0.3, -0.25) is 9.59 Å². The van der Waals surface area contributed by atoms with E-state index in [-0.39, 0.29) is 0 Å². The zero-order valence-corrected chi connectivity index (χ0v) is 18.7. The summed E-state index contributed by atoms with van der Waals surface area (Å²) in [5, 5.41) is 3.04. The number of halogens is 4. The number of hydrogen-bond acceptors (Lipinski definition) is 6. The molecule has 1 atom stereocenters. The van der Waals surface area contributed by atoms with Crippen LogP contribution < -0.4 is 15.0 Å². The minimum absolute atomic E-state index is 0.357. The maximum Gasteiger partial charge on any atom is 0.417 e. The van der Waals surface area contributed by atoms with Crippen molar-refractivity contribution in [3.63, 3.8) is 0 Å². The quantitative estimate of drug-likeness (QED) is 0.605. The average Bonchev–Trinajstić information content (AvgIpc) is 2.78. The van der Waals surface area contributed by atoms with E-state index in [1.807, 2.05) is 4.90 Å². The van der Waals surface area contributed by atoms with Gasteiger partial charge >= 0.3 is 12.1 Å². The molecular weight excluding hydrogens is 463 g/mol. The molecule has 0 radical (unpaired) electrons. The van der Waals surface area contributed by atoms with Gasteiger partial charge in [-0.1, -0.05) is 11.6 Å². The Kier molecular flexibility index (Phi) is 7.68. The molecule has 0 bridgehead atoms. The third-order valence-corrected chi connectivity index (χ3v) is 5.54. The van der Waals surface area contributed by atoms with Gasteiger partial charge in [0.25, 0.3) is 5.91 Å². The second-order valence-corrected chi connectivity index (χ2v) is 8.01. The monoisotopic (exact) mass is 485 g/mol. The largest absolute Gasteiger partial charge is 0.495 e. The van der Waals surface area contributed by atoms with E-state index in [0.29, 0.717) is 48.2 Å². The summed E-state index contributed by atoms with van der Waals surface area (Å²) in [6.45, 7) is 2.32. The number of hydrogen-bond donors (Lipinski definition) is 1. The molecule has 7 nitrogen and oxygen atoms in total. The number of carbonyl (C=O) groups excluding carboxylic acids is 2. The number of anilines is 2. The molecule has 11 heteroatoms. The van der Waals surface area contributed by atoms with E-state index in [9.17, 15) is 22.8 Å². The number of nitrogens with one attached hydrogen (secondary N) is 1. The van der Waals surface area contributed by atoms with E-state index in [1.165, 1.54) is 26.2 Å². The number of benzene rings is 1. The van der Waals surface area contributed by atoms with Gasteiger partial charge in [0.2, 0.25) is 0 Å². The Bertz CT molecular complexity index is 993. The van der Waals surface area contributed by atoms with Crippen LogP contribution in [-0.2, 0) is 20.5 Å². The molecule has 2 aromatic rings. The van der Waals surface area contributed by atoms with Gasteiger partial charge in [0.05, 0.1) is 24.3 Å². The molecule has 1 aliphatic rings. The van der Waals surface area contributed by atoms with E-state index >= 15 is 0 Å². The lowest BCUT2D eigenvalue weighted by atomic mass is 9.97. The first-order chi connectivity index (χ1) is 15.6. The van der Waals surface area contributed by atoms with Gasteiger partial charge in [-0.2, -0.15) is 13.2 Å². The Morgan fingerprint density at radius 3 is 2.48 bits per heavy atom. The van der Waals surface area contributed by atoms with Crippen LogP contribution in [0, 0.1) is 5.92 Å². The van der Waals surface area contributed by atoms with Crippen LogP contribution in [0.4, 0.5) is 24.7 Å². The first kappa shape index (κ1) is 24.6. The number of rotatable bonds is 6. The van der Waals surface area contributed by atoms with Crippen molar-refractivity contribution in [2.45, 2.75) is 32.0 Å². The van der Waals surface area contributed by atoms with Crippen LogP contribution in [0.2, 0.25) is 5.02 Å². The maximum atomic E-state index is 12.7. The molecule has 1 fully saturated rings. The molecule has 1 saturated heterocycles. The maximum absolute atomic E-state index is 12.7. The highest BCUT2D eigenvalue weighted by Gasteiger charge is 2.32. The number of nitrogens with zero attached hydrogens (tertiary/aromatic N) is 2. The molecule has 0 saturated carbocycles. The standard InChI is InChI=1S/C22H23ClF3N3O4/c1-13(20(30)28-17-11-16(23)4-5-18(17)32-2)33-21(31)14-7-9-29(10-8-14)19-6-3-15(12-27-19)22(24,25)26/h3-6,11-14H,7-10H2,1-2H3,(H,28,30)/t13-/m1/s1. The summed E-state index contributed by atoms with van der Waals surface area (Å²) in [6.07, 6.45) is -3.83. The van der Waals surface area contributed by atoms with Gasteiger partial charge < -0.3 is 19.7 Å². The molecule has 1 amide bonds. The predicted octanol–water partition coefficient (Wildman–Crippen LogP) is 4.55. The van der Waals surface area contributed by atoms with Crippen molar-refractivity contribution in [1.82, 2.24) is 4.98 Å². The fourth-order valence-corrected chi connectivity index (χ4v) is 3.59. The van der Waals surface area contributed by atoms with Crippen LogP contribution in [0.15, 0.2) is 36.5 Å². The van der Waals surface area contributed by atoms with E-state index < -0.39 is 35.6 Å². The minimum atomic E-state index is -4.44. The lowest BCUT2D eigenvalue weighted by Crippen LogP contribution is -2.39. The van der Waals surface area contributed by atoms with Crippen molar-refractivity contribution < 1.29 is 32.2 Å². The first-order valence-electron chi connectivity index (χ1n) is 10.2. The van der Waals surface area contributed by atoms with E-state index in [1.54, 1.807) is 12.1 Å². The molecule has 1 N–H and O–H groups in total. The molecule has 1 aromatic carbocycles. The normalized spacial score (nSPS) is 15.6. The number of methoxy groups -OCH3 is 1. The molecule has 0 unspecified atom stereocenters. The van der Waals surface area contributed by atoms with Crippen molar-refractivity contribution >= 4 is 35.0 Å². The average molecular weight is 486 g/mol. The lowest BCUT2D eigenvalue weighted by molar-refractivity contribution is -0.158. The van der Waals surface area contributed by atoms with Crippen LogP contribution >= 0.6 is 11.6 Å². The van der Waals surface area contributed by atoms with E-state index in [2.05, 4.69) is 10.3 Å². The van der Waals surface area contributed by atoms with Crippen LogP contribution in [0.5, 0.6) is 5.75 Å². The molecule has 3 rings (SSSR count). The Morgan fingerprint density at radius 1 is 1.21 bits per heavy atom. The van der Waals surface area contributed by atoms with Crippen molar-refractivity contribution in [2.75, 3.05) is 30.4 Å². The van der Waals surface area contributed by atoms with Crippen LogP contribution in [-0.4, -0.2) is 43.2 Å². The number of esters is 1. The summed E-state index contributed by atoms with van der Waals surface area (Å²) < 4.78 is 48.6. The molecule has 33 heavy (non-hydrogen) atoms. The van der Waals surface area contributed by atoms with Gasteiger partial charge in [-0.25, -0.2) is 4.98 Å². The van der Waals surface area contributed by atoms with Crippen molar-refractivity contribution in [1.29, 1.82) is 0 Å².